The predicted octanol–water partition coefficient (Wildman–Crippen LogP) is 1.45. The summed E-state index contributed by atoms with van der Waals surface area (Å²) in [6.45, 7) is 3.27. The number of rotatable bonds is 5. The van der Waals surface area contributed by atoms with Gasteiger partial charge in [0.25, 0.3) is 5.91 Å². The molecule has 1 fully saturated rings. The van der Waals surface area contributed by atoms with Crippen LogP contribution in [0.2, 0.25) is 0 Å². The van der Waals surface area contributed by atoms with Gasteiger partial charge < -0.3 is 10.1 Å². The van der Waals surface area contributed by atoms with Gasteiger partial charge in [-0.15, -0.1) is 0 Å². The molecule has 0 radical (unpaired) electrons. The lowest BCUT2D eigenvalue weighted by molar-refractivity contribution is -0.127. The second-order valence-corrected chi connectivity index (χ2v) is 7.58. The summed E-state index contributed by atoms with van der Waals surface area (Å²) in [6, 6.07) is 3.28. The highest BCUT2D eigenvalue weighted by molar-refractivity contribution is 9.10. The quantitative estimate of drug-likeness (QED) is 0.812. The molecular weight excluding hydrogens is 360 g/mol. The van der Waals surface area contributed by atoms with Crippen LogP contribution in [-0.4, -0.2) is 26.5 Å². The molecule has 0 saturated heterocycles. The summed E-state index contributed by atoms with van der Waals surface area (Å²) in [4.78, 5) is 11.8. The molecule has 1 unspecified atom stereocenters. The molecule has 21 heavy (non-hydrogen) atoms. The number of amides is 1. The molecule has 1 aliphatic rings. The molecule has 0 aromatic heterocycles. The number of nitrogens with one attached hydrogen (secondary N) is 1. The fourth-order valence-corrected chi connectivity index (χ4v) is 3.32. The molecule has 2 rings (SSSR count). The maximum atomic E-state index is 11.9. The first-order chi connectivity index (χ1) is 9.68. The van der Waals surface area contributed by atoms with E-state index in [1.54, 1.807) is 19.9 Å². The standard InChI is InChI=1S/C13H17BrN2O4S/c1-7-5-9(14)6-11(21(15,18)19)12(7)20-8(2)13(17)16-10-3-4-10/h5-6,8,10H,3-4H2,1-2H3,(H,16,17)(H2,15,18,19). The summed E-state index contributed by atoms with van der Waals surface area (Å²) in [5.41, 5.74) is 0.583. The lowest BCUT2D eigenvalue weighted by atomic mass is 10.2. The third-order valence-electron chi connectivity index (χ3n) is 3.10. The monoisotopic (exact) mass is 376 g/mol. The Morgan fingerprint density at radius 3 is 2.62 bits per heavy atom. The molecule has 1 saturated carbocycles. The Kier molecular flexibility index (Phi) is 4.60. The van der Waals surface area contributed by atoms with Crippen molar-refractivity contribution in [3.05, 3.63) is 22.2 Å². The Labute approximate surface area is 132 Å². The number of nitrogens with two attached hydrogens (primary N) is 1. The highest BCUT2D eigenvalue weighted by Gasteiger charge is 2.28. The highest BCUT2D eigenvalue weighted by atomic mass is 79.9. The molecule has 0 heterocycles. The molecule has 0 aliphatic heterocycles. The number of benzene rings is 1. The third-order valence-corrected chi connectivity index (χ3v) is 4.47. The first-order valence-electron chi connectivity index (χ1n) is 6.48. The summed E-state index contributed by atoms with van der Waals surface area (Å²) in [6.07, 6.45) is 1.14. The van der Waals surface area contributed by atoms with Crippen LogP contribution < -0.4 is 15.2 Å². The Morgan fingerprint density at radius 2 is 2.10 bits per heavy atom. The number of carbonyl (C=O) groups is 1. The van der Waals surface area contributed by atoms with Gasteiger partial charge in [0.1, 0.15) is 10.6 Å². The second kappa shape index (κ2) is 5.94. The van der Waals surface area contributed by atoms with E-state index >= 15 is 0 Å². The Balaban J connectivity index is 2.27. The number of primary sulfonamides is 1. The zero-order valence-electron chi connectivity index (χ0n) is 11.7. The van der Waals surface area contributed by atoms with E-state index in [0.717, 1.165) is 12.8 Å². The summed E-state index contributed by atoms with van der Waals surface area (Å²) in [5.74, 6) is -0.153. The minimum Gasteiger partial charge on any atom is -0.479 e. The van der Waals surface area contributed by atoms with Crippen molar-refractivity contribution in [1.29, 1.82) is 0 Å². The van der Waals surface area contributed by atoms with Crippen LogP contribution >= 0.6 is 15.9 Å². The van der Waals surface area contributed by atoms with Crippen LogP contribution in [0.25, 0.3) is 0 Å². The molecule has 1 aliphatic carbocycles. The fraction of sp³-hybridized carbons (Fsp3) is 0.462. The van der Waals surface area contributed by atoms with Crippen LogP contribution in [0.1, 0.15) is 25.3 Å². The van der Waals surface area contributed by atoms with Crippen LogP contribution in [0.4, 0.5) is 0 Å². The van der Waals surface area contributed by atoms with Gasteiger partial charge in [0.05, 0.1) is 0 Å². The number of hydrogen-bond donors (Lipinski definition) is 2. The molecule has 3 N–H and O–H groups in total. The average Bonchev–Trinajstić information content (AvgIpc) is 3.14. The van der Waals surface area contributed by atoms with Crippen molar-refractivity contribution in [3.8, 4) is 5.75 Å². The average molecular weight is 377 g/mol. The van der Waals surface area contributed by atoms with Gasteiger partial charge in [-0.25, -0.2) is 13.6 Å². The van der Waals surface area contributed by atoms with Gasteiger partial charge in [0.15, 0.2) is 6.10 Å². The number of carbonyl (C=O) groups excluding carboxylic acids is 1. The van der Waals surface area contributed by atoms with Crippen molar-refractivity contribution in [2.24, 2.45) is 5.14 Å². The maximum absolute atomic E-state index is 11.9. The minimum absolute atomic E-state index is 0.110. The second-order valence-electron chi connectivity index (χ2n) is 5.14. The van der Waals surface area contributed by atoms with Crippen molar-refractivity contribution in [2.45, 2.75) is 43.7 Å². The van der Waals surface area contributed by atoms with Crippen LogP contribution in [-0.2, 0) is 14.8 Å². The topological polar surface area (TPSA) is 98.5 Å². The first-order valence-corrected chi connectivity index (χ1v) is 8.82. The summed E-state index contributed by atoms with van der Waals surface area (Å²) in [7, 11) is -3.95. The van der Waals surface area contributed by atoms with Crippen molar-refractivity contribution >= 4 is 31.9 Å². The molecule has 1 aromatic rings. The van der Waals surface area contributed by atoms with Crippen molar-refractivity contribution in [2.75, 3.05) is 0 Å². The van der Waals surface area contributed by atoms with Crippen molar-refractivity contribution in [1.82, 2.24) is 5.32 Å². The van der Waals surface area contributed by atoms with Gasteiger partial charge >= 0.3 is 0 Å². The molecule has 0 spiro atoms. The van der Waals surface area contributed by atoms with Gasteiger partial charge in [-0.2, -0.15) is 0 Å². The lowest BCUT2D eigenvalue weighted by Crippen LogP contribution is -2.38. The molecule has 8 heteroatoms. The first kappa shape index (κ1) is 16.3. The fourth-order valence-electron chi connectivity index (χ4n) is 1.84. The van der Waals surface area contributed by atoms with Crippen molar-refractivity contribution < 1.29 is 17.9 Å². The van der Waals surface area contributed by atoms with Gasteiger partial charge in [-0.3, -0.25) is 4.79 Å². The number of aryl methyl sites for hydroxylation is 1. The van der Waals surface area contributed by atoms with Gasteiger partial charge in [-0.1, -0.05) is 15.9 Å². The van der Waals surface area contributed by atoms with E-state index in [0.29, 0.717) is 10.0 Å². The van der Waals surface area contributed by atoms with Crippen LogP contribution in [0.5, 0.6) is 5.75 Å². The number of sulfonamides is 1. The van der Waals surface area contributed by atoms with Crippen molar-refractivity contribution in [3.63, 3.8) is 0 Å². The molecule has 6 nitrogen and oxygen atoms in total. The number of hydrogen-bond acceptors (Lipinski definition) is 4. The molecule has 0 bridgehead atoms. The molecule has 1 atom stereocenters. The Morgan fingerprint density at radius 1 is 1.48 bits per heavy atom. The maximum Gasteiger partial charge on any atom is 0.260 e. The van der Waals surface area contributed by atoms with Crippen LogP contribution in [0.15, 0.2) is 21.5 Å². The van der Waals surface area contributed by atoms with E-state index in [2.05, 4.69) is 21.2 Å². The van der Waals surface area contributed by atoms with Crippen LogP contribution in [0.3, 0.4) is 0 Å². The van der Waals surface area contributed by atoms with Crippen LogP contribution in [0, 0.1) is 6.92 Å². The predicted molar refractivity (Wildman–Crippen MR) is 81.5 cm³/mol. The minimum atomic E-state index is -3.95. The van der Waals surface area contributed by atoms with E-state index < -0.39 is 16.1 Å². The summed E-state index contributed by atoms with van der Waals surface area (Å²) < 4.78 is 29.5. The molecular formula is C13H17BrN2O4S. The highest BCUT2D eigenvalue weighted by Crippen LogP contribution is 2.31. The van der Waals surface area contributed by atoms with E-state index in [1.807, 2.05) is 0 Å². The van der Waals surface area contributed by atoms with Gasteiger partial charge in [-0.05, 0) is 44.4 Å². The zero-order valence-corrected chi connectivity index (χ0v) is 14.1. The SMILES string of the molecule is Cc1cc(Br)cc(S(N)(=O)=O)c1OC(C)C(=O)NC1CC1. The zero-order chi connectivity index (χ0) is 15.8. The Bertz CT molecular complexity index is 671. The summed E-state index contributed by atoms with van der Waals surface area (Å²) >= 11 is 3.22. The van der Waals surface area contributed by atoms with E-state index in [4.69, 9.17) is 9.88 Å². The smallest absolute Gasteiger partial charge is 0.260 e. The molecule has 1 aromatic carbocycles. The third kappa shape index (κ3) is 4.18. The number of ether oxygens (including phenoxy) is 1. The normalized spacial score (nSPS) is 16.4. The van der Waals surface area contributed by atoms with E-state index in [9.17, 15) is 13.2 Å². The largest absolute Gasteiger partial charge is 0.479 e. The lowest BCUT2D eigenvalue weighted by Gasteiger charge is -2.18. The summed E-state index contributed by atoms with van der Waals surface area (Å²) in [5, 5.41) is 8.02. The Hall–Kier alpha value is -1.12. The van der Waals surface area contributed by atoms with E-state index in [1.165, 1.54) is 6.07 Å². The molecule has 1 amide bonds. The van der Waals surface area contributed by atoms with E-state index in [-0.39, 0.29) is 22.6 Å². The van der Waals surface area contributed by atoms with Gasteiger partial charge in [0, 0.05) is 10.5 Å². The molecule has 116 valence electrons. The number of halogens is 1. The van der Waals surface area contributed by atoms with Gasteiger partial charge in [0.2, 0.25) is 10.0 Å².